The van der Waals surface area contributed by atoms with Gasteiger partial charge in [0.1, 0.15) is 6.04 Å². The number of benzene rings is 1. The summed E-state index contributed by atoms with van der Waals surface area (Å²) in [5.74, 6) is -1.14. The zero-order valence-corrected chi connectivity index (χ0v) is 24.6. The molecular formula is C30H45N3O4S. The van der Waals surface area contributed by atoms with Gasteiger partial charge in [-0.05, 0) is 56.4 Å². The van der Waals surface area contributed by atoms with Crippen molar-refractivity contribution in [3.63, 3.8) is 0 Å². The third-order valence-electron chi connectivity index (χ3n) is 8.35. The van der Waals surface area contributed by atoms with E-state index in [1.54, 1.807) is 16.7 Å². The van der Waals surface area contributed by atoms with Crippen LogP contribution in [0.15, 0.2) is 30.3 Å². The van der Waals surface area contributed by atoms with Crippen LogP contribution in [0.5, 0.6) is 0 Å². The molecule has 1 aromatic carbocycles. The largest absolute Gasteiger partial charge is 0.396 e. The van der Waals surface area contributed by atoms with Crippen molar-refractivity contribution in [2.75, 3.05) is 13.2 Å². The van der Waals surface area contributed by atoms with E-state index in [0.29, 0.717) is 25.9 Å². The fourth-order valence-corrected chi connectivity index (χ4v) is 9.85. The Morgan fingerprint density at radius 1 is 1.11 bits per heavy atom. The summed E-state index contributed by atoms with van der Waals surface area (Å²) >= 11 is 1.70. The first kappa shape index (κ1) is 28.9. The number of amides is 3. The van der Waals surface area contributed by atoms with E-state index in [-0.39, 0.29) is 40.9 Å². The van der Waals surface area contributed by atoms with Crippen molar-refractivity contribution in [2.45, 2.75) is 95.3 Å². The molecule has 4 rings (SSSR count). The summed E-state index contributed by atoms with van der Waals surface area (Å²) in [5, 5.41) is 15.8. The van der Waals surface area contributed by atoms with Crippen molar-refractivity contribution in [1.82, 2.24) is 15.5 Å². The van der Waals surface area contributed by atoms with Crippen molar-refractivity contribution in [3.05, 3.63) is 35.9 Å². The van der Waals surface area contributed by atoms with E-state index in [1.807, 2.05) is 44.2 Å². The molecule has 3 aliphatic rings. The number of carbonyl (C=O) groups excluding carboxylic acids is 3. The molecule has 3 heterocycles. The normalized spacial score (nSPS) is 30.4. The van der Waals surface area contributed by atoms with Crippen LogP contribution in [0.1, 0.15) is 72.8 Å². The minimum absolute atomic E-state index is 0.0206. The minimum atomic E-state index is -0.630. The number of nitrogens with one attached hydrogen (secondary N) is 2. The molecule has 0 aliphatic carbocycles. The SMILES string of the molecule is CC1C[C@@H]2SC13C(C(=O)NC(C)(C)CC(C)(C)C)N(CCCCO)C(=O)[C@@H]3[C@@H]2C(=O)NCc1ccccc1. The smallest absolute Gasteiger partial charge is 0.244 e. The van der Waals surface area contributed by atoms with E-state index in [1.165, 1.54) is 0 Å². The third kappa shape index (κ3) is 5.48. The molecule has 2 bridgehead atoms. The topological polar surface area (TPSA) is 98.7 Å². The Labute approximate surface area is 231 Å². The number of nitrogens with zero attached hydrogens (tertiary/aromatic N) is 1. The van der Waals surface area contributed by atoms with Crippen LogP contribution in [0.4, 0.5) is 0 Å². The summed E-state index contributed by atoms with van der Waals surface area (Å²) in [6.45, 7) is 13.6. The molecule has 0 radical (unpaired) electrons. The first-order chi connectivity index (χ1) is 17.8. The van der Waals surface area contributed by atoms with E-state index < -0.39 is 28.2 Å². The van der Waals surface area contributed by atoms with Gasteiger partial charge in [-0.2, -0.15) is 0 Å². The van der Waals surface area contributed by atoms with Gasteiger partial charge in [0.2, 0.25) is 17.7 Å². The molecule has 3 aliphatic heterocycles. The lowest BCUT2D eigenvalue weighted by molar-refractivity contribution is -0.140. The molecule has 38 heavy (non-hydrogen) atoms. The lowest BCUT2D eigenvalue weighted by atomic mass is 9.65. The summed E-state index contributed by atoms with van der Waals surface area (Å²) in [5.41, 5.74) is 0.599. The summed E-state index contributed by atoms with van der Waals surface area (Å²) in [6, 6.07) is 9.15. The van der Waals surface area contributed by atoms with Gasteiger partial charge in [-0.3, -0.25) is 14.4 Å². The van der Waals surface area contributed by atoms with Gasteiger partial charge in [0, 0.05) is 30.5 Å². The standard InChI is InChI=1S/C30H45N3O4S/c1-19-16-21-22(25(35)31-17-20-12-8-7-9-13-20)23-27(37)33(14-10-11-15-34)24(30(19,23)38-21)26(36)32-29(5,6)18-28(2,3)4/h7-9,12-13,19,21-24,34H,10-11,14-18H2,1-6H3,(H,31,35)(H,32,36)/t19?,21-,22+,23-,24?,30?/m0/s1. The molecule has 8 heteroatoms. The quantitative estimate of drug-likeness (QED) is 0.391. The van der Waals surface area contributed by atoms with E-state index in [0.717, 1.165) is 18.4 Å². The molecule has 0 saturated carbocycles. The van der Waals surface area contributed by atoms with Crippen LogP contribution in [-0.4, -0.2) is 62.5 Å². The van der Waals surface area contributed by atoms with Crippen LogP contribution in [0.3, 0.4) is 0 Å². The highest BCUT2D eigenvalue weighted by Crippen LogP contribution is 2.68. The Bertz CT molecular complexity index is 1040. The van der Waals surface area contributed by atoms with Gasteiger partial charge >= 0.3 is 0 Å². The summed E-state index contributed by atoms with van der Waals surface area (Å²) in [7, 11) is 0. The predicted octanol–water partition coefficient (Wildman–Crippen LogP) is 3.74. The van der Waals surface area contributed by atoms with Crippen molar-refractivity contribution in [2.24, 2.45) is 23.2 Å². The van der Waals surface area contributed by atoms with Gasteiger partial charge in [0.25, 0.3) is 0 Å². The van der Waals surface area contributed by atoms with Crippen molar-refractivity contribution in [1.29, 1.82) is 0 Å². The zero-order chi connectivity index (χ0) is 27.9. The number of rotatable bonds is 10. The van der Waals surface area contributed by atoms with Crippen LogP contribution in [-0.2, 0) is 20.9 Å². The highest BCUT2D eigenvalue weighted by molar-refractivity contribution is 8.02. The highest BCUT2D eigenvalue weighted by Gasteiger charge is 2.75. The first-order valence-corrected chi connectivity index (χ1v) is 14.9. The highest BCUT2D eigenvalue weighted by atomic mass is 32.2. The van der Waals surface area contributed by atoms with E-state index in [9.17, 15) is 19.5 Å². The molecule has 210 valence electrons. The Morgan fingerprint density at radius 2 is 1.79 bits per heavy atom. The molecule has 3 N–H and O–H groups in total. The number of aliphatic hydroxyl groups excluding tert-OH is 1. The Hall–Kier alpha value is -2.06. The molecule has 3 saturated heterocycles. The van der Waals surface area contributed by atoms with E-state index in [4.69, 9.17) is 0 Å². The summed E-state index contributed by atoms with van der Waals surface area (Å²) in [4.78, 5) is 43.6. The van der Waals surface area contributed by atoms with Gasteiger partial charge in [-0.15, -0.1) is 11.8 Å². The molecule has 1 spiro atoms. The maximum atomic E-state index is 14.1. The van der Waals surface area contributed by atoms with Crippen LogP contribution < -0.4 is 10.6 Å². The number of carbonyl (C=O) groups is 3. The van der Waals surface area contributed by atoms with Gasteiger partial charge in [0.05, 0.1) is 16.6 Å². The maximum Gasteiger partial charge on any atom is 0.244 e. The Morgan fingerprint density at radius 3 is 2.42 bits per heavy atom. The molecule has 0 aromatic heterocycles. The average molecular weight is 544 g/mol. The van der Waals surface area contributed by atoms with E-state index in [2.05, 4.69) is 38.3 Å². The monoisotopic (exact) mass is 543 g/mol. The molecule has 3 unspecified atom stereocenters. The van der Waals surface area contributed by atoms with Crippen LogP contribution >= 0.6 is 11.8 Å². The first-order valence-electron chi connectivity index (χ1n) is 14.0. The van der Waals surface area contributed by atoms with Crippen LogP contribution in [0.25, 0.3) is 0 Å². The van der Waals surface area contributed by atoms with Crippen molar-refractivity contribution >= 4 is 29.5 Å². The fraction of sp³-hybridized carbons (Fsp3) is 0.700. The number of fused-ring (bicyclic) bond motifs is 1. The predicted molar refractivity (Wildman–Crippen MR) is 151 cm³/mol. The van der Waals surface area contributed by atoms with Gasteiger partial charge in [0.15, 0.2) is 0 Å². The average Bonchev–Trinajstić information content (AvgIpc) is 3.40. The van der Waals surface area contributed by atoms with E-state index >= 15 is 0 Å². The Kier molecular flexibility index (Phi) is 8.25. The number of hydrogen-bond acceptors (Lipinski definition) is 5. The molecule has 6 atom stereocenters. The third-order valence-corrected chi connectivity index (χ3v) is 10.4. The molecule has 1 aromatic rings. The number of unbranched alkanes of at least 4 members (excludes halogenated alkanes) is 1. The number of likely N-dealkylation sites (tertiary alicyclic amines) is 1. The fourth-order valence-electron chi connectivity index (χ4n) is 7.43. The maximum absolute atomic E-state index is 14.1. The number of hydrogen-bond donors (Lipinski definition) is 3. The summed E-state index contributed by atoms with van der Waals surface area (Å²) in [6.07, 6.45) is 2.80. The lowest BCUT2D eigenvalue weighted by Crippen LogP contribution is -2.60. The number of thioether (sulfide) groups is 1. The Balaban J connectivity index is 1.63. The van der Waals surface area contributed by atoms with Crippen molar-refractivity contribution in [3.8, 4) is 0 Å². The van der Waals surface area contributed by atoms with Crippen molar-refractivity contribution < 1.29 is 19.5 Å². The second-order valence-corrected chi connectivity index (χ2v) is 14.9. The molecular weight excluding hydrogens is 498 g/mol. The minimum Gasteiger partial charge on any atom is -0.396 e. The second-order valence-electron chi connectivity index (χ2n) is 13.3. The summed E-state index contributed by atoms with van der Waals surface area (Å²) < 4.78 is -0.627. The van der Waals surface area contributed by atoms with Crippen LogP contribution in [0, 0.1) is 23.2 Å². The molecule has 3 fully saturated rings. The zero-order valence-electron chi connectivity index (χ0n) is 23.8. The number of aliphatic hydroxyl groups is 1. The molecule has 3 amide bonds. The van der Waals surface area contributed by atoms with Gasteiger partial charge < -0.3 is 20.6 Å². The lowest BCUT2D eigenvalue weighted by Gasteiger charge is -2.41. The van der Waals surface area contributed by atoms with Gasteiger partial charge in [-0.1, -0.05) is 58.0 Å². The second kappa shape index (κ2) is 10.8. The van der Waals surface area contributed by atoms with Crippen LogP contribution in [0.2, 0.25) is 0 Å². The van der Waals surface area contributed by atoms with Gasteiger partial charge in [-0.25, -0.2) is 0 Å². The molecule has 7 nitrogen and oxygen atoms in total.